The fraction of sp³-hybridized carbons (Fsp3) is 0.333. The van der Waals surface area contributed by atoms with E-state index in [1.807, 2.05) is 6.08 Å². The highest BCUT2D eigenvalue weighted by molar-refractivity contribution is 6.31. The maximum Gasteiger partial charge on any atom is 0.256 e. The average molecular weight is 505 g/mol. The molecule has 184 valence electrons. The topological polar surface area (TPSA) is 80.8 Å². The van der Waals surface area contributed by atoms with Crippen LogP contribution < -0.4 is 21.3 Å². The first-order valence-corrected chi connectivity index (χ1v) is 11.8. The standard InChI is InChI=1S/C24H24ClF3N6O/c25-14-6-16-18(10-31-21(16)30-9-14)22-32-11-20(28)23(33-22)29-8-13-2-1-5-34(12-13)24(35)17-7-15(26)3-4-19(17)27/h3-4,6-7,9-10,13,21,29-30,32-33H,1-2,5,8,11-12H2/t13-,21?/m1/s1. The van der Waals surface area contributed by atoms with Gasteiger partial charge in [-0.25, -0.2) is 13.2 Å². The lowest BCUT2D eigenvalue weighted by atomic mass is 9.97. The Hall–Kier alpha value is -3.40. The normalized spacial score (nSPS) is 25.8. The number of nitrogens with one attached hydrogen (secondary N) is 4. The summed E-state index contributed by atoms with van der Waals surface area (Å²) < 4.78 is 42.2. The minimum absolute atomic E-state index is 0.00504. The molecule has 4 aliphatic heterocycles. The molecule has 4 N–H and O–H groups in total. The first kappa shape index (κ1) is 23.3. The summed E-state index contributed by atoms with van der Waals surface area (Å²) in [6, 6.07) is 2.86. The van der Waals surface area contributed by atoms with Crippen LogP contribution in [0.15, 0.2) is 69.1 Å². The van der Waals surface area contributed by atoms with Gasteiger partial charge in [-0.2, -0.15) is 0 Å². The number of rotatable bonds is 4. The van der Waals surface area contributed by atoms with Gasteiger partial charge in [0.1, 0.15) is 29.4 Å². The molecule has 1 saturated heterocycles. The van der Waals surface area contributed by atoms with E-state index < -0.39 is 17.5 Å². The van der Waals surface area contributed by atoms with Crippen LogP contribution in [-0.2, 0) is 0 Å². The van der Waals surface area contributed by atoms with Crippen molar-refractivity contribution in [3.8, 4) is 0 Å². The van der Waals surface area contributed by atoms with E-state index >= 15 is 0 Å². The zero-order valence-electron chi connectivity index (χ0n) is 18.7. The van der Waals surface area contributed by atoms with Crippen LogP contribution in [-0.4, -0.2) is 49.4 Å². The Morgan fingerprint density at radius 1 is 1.29 bits per heavy atom. The van der Waals surface area contributed by atoms with Gasteiger partial charge in [0.05, 0.1) is 17.1 Å². The van der Waals surface area contributed by atoms with E-state index in [1.165, 1.54) is 4.90 Å². The summed E-state index contributed by atoms with van der Waals surface area (Å²) in [7, 11) is 0. The molecule has 7 nitrogen and oxygen atoms in total. The van der Waals surface area contributed by atoms with E-state index in [-0.39, 0.29) is 35.8 Å². The average Bonchev–Trinajstić information content (AvgIpc) is 3.28. The Kier molecular flexibility index (Phi) is 6.46. The molecule has 1 amide bonds. The first-order valence-electron chi connectivity index (χ1n) is 11.4. The molecule has 0 spiro atoms. The molecule has 2 atom stereocenters. The highest BCUT2D eigenvalue weighted by Gasteiger charge is 2.30. The maximum atomic E-state index is 14.6. The van der Waals surface area contributed by atoms with Gasteiger partial charge in [0.15, 0.2) is 5.83 Å². The number of halogens is 4. The Morgan fingerprint density at radius 2 is 2.14 bits per heavy atom. The molecular weight excluding hydrogens is 481 g/mol. The summed E-state index contributed by atoms with van der Waals surface area (Å²) in [6.07, 6.45) is 6.51. The van der Waals surface area contributed by atoms with Gasteiger partial charge in [0, 0.05) is 43.2 Å². The van der Waals surface area contributed by atoms with Crippen LogP contribution in [0.1, 0.15) is 23.2 Å². The number of fused-ring (bicyclic) bond motifs is 1. The van der Waals surface area contributed by atoms with Gasteiger partial charge in [0.25, 0.3) is 5.91 Å². The molecule has 0 aliphatic carbocycles. The number of dihydropyridines is 1. The number of nitrogens with zero attached hydrogens (tertiary/aromatic N) is 2. The second-order valence-corrected chi connectivity index (χ2v) is 9.22. The second-order valence-electron chi connectivity index (χ2n) is 8.79. The molecule has 0 aromatic heterocycles. The third kappa shape index (κ3) is 4.88. The fourth-order valence-electron chi connectivity index (χ4n) is 4.59. The molecule has 4 heterocycles. The highest BCUT2D eigenvalue weighted by atomic mass is 35.5. The summed E-state index contributed by atoms with van der Waals surface area (Å²) in [4.78, 5) is 18.7. The van der Waals surface area contributed by atoms with E-state index in [1.54, 1.807) is 12.4 Å². The molecule has 0 saturated carbocycles. The lowest BCUT2D eigenvalue weighted by molar-refractivity contribution is 0.0669. The summed E-state index contributed by atoms with van der Waals surface area (Å²) in [5.74, 6) is -1.45. The van der Waals surface area contributed by atoms with Crippen LogP contribution in [0, 0.1) is 17.6 Å². The second kappa shape index (κ2) is 9.69. The molecule has 35 heavy (non-hydrogen) atoms. The number of allylic oxidation sites excluding steroid dienone is 2. The Labute approximate surface area is 205 Å². The number of benzene rings is 1. The number of carbonyl (C=O) groups is 1. The Bertz CT molecular complexity index is 1210. The molecule has 1 unspecified atom stereocenters. The van der Waals surface area contributed by atoms with Crippen LogP contribution >= 0.6 is 11.6 Å². The zero-order chi connectivity index (χ0) is 24.5. The minimum atomic E-state index is -0.749. The van der Waals surface area contributed by atoms with Crippen molar-refractivity contribution in [1.82, 2.24) is 26.2 Å². The third-order valence-electron chi connectivity index (χ3n) is 6.37. The van der Waals surface area contributed by atoms with Crippen LogP contribution in [0.3, 0.4) is 0 Å². The van der Waals surface area contributed by atoms with E-state index in [2.05, 4.69) is 26.3 Å². The van der Waals surface area contributed by atoms with Crippen LogP contribution in [0.4, 0.5) is 13.2 Å². The molecule has 0 bridgehead atoms. The number of hydrogen-bond acceptors (Lipinski definition) is 6. The fourth-order valence-corrected chi connectivity index (χ4v) is 4.77. The molecule has 5 rings (SSSR count). The quantitative estimate of drug-likeness (QED) is 0.507. The van der Waals surface area contributed by atoms with Crippen molar-refractivity contribution in [2.75, 3.05) is 26.2 Å². The number of hydrogen-bond donors (Lipinski definition) is 4. The number of piperidine rings is 1. The smallest absolute Gasteiger partial charge is 0.256 e. The Balaban J connectivity index is 1.24. The summed E-state index contributed by atoms with van der Waals surface area (Å²) >= 11 is 6.12. The van der Waals surface area contributed by atoms with Crippen LogP contribution in [0.25, 0.3) is 0 Å². The van der Waals surface area contributed by atoms with Crippen molar-refractivity contribution in [3.63, 3.8) is 0 Å². The van der Waals surface area contributed by atoms with Gasteiger partial charge in [-0.1, -0.05) is 11.6 Å². The maximum absolute atomic E-state index is 14.6. The first-order chi connectivity index (χ1) is 16.9. The van der Waals surface area contributed by atoms with Crippen molar-refractivity contribution in [2.24, 2.45) is 10.9 Å². The third-order valence-corrected chi connectivity index (χ3v) is 6.59. The van der Waals surface area contributed by atoms with Gasteiger partial charge >= 0.3 is 0 Å². The highest BCUT2D eigenvalue weighted by Crippen LogP contribution is 2.29. The van der Waals surface area contributed by atoms with Gasteiger partial charge in [-0.3, -0.25) is 9.79 Å². The Morgan fingerprint density at radius 3 is 3.00 bits per heavy atom. The van der Waals surface area contributed by atoms with E-state index in [0.717, 1.165) is 35.8 Å². The largest absolute Gasteiger partial charge is 0.369 e. The van der Waals surface area contributed by atoms with Crippen molar-refractivity contribution in [1.29, 1.82) is 0 Å². The number of carbonyl (C=O) groups excluding carboxylic acids is 1. The van der Waals surface area contributed by atoms with Crippen molar-refractivity contribution in [3.05, 3.63) is 81.3 Å². The number of amides is 1. The molecule has 1 fully saturated rings. The number of likely N-dealkylation sites (tertiary alicyclic amines) is 1. The van der Waals surface area contributed by atoms with Gasteiger partial charge in [-0.15, -0.1) is 0 Å². The van der Waals surface area contributed by atoms with Crippen LogP contribution in [0.5, 0.6) is 0 Å². The molecule has 11 heteroatoms. The lowest BCUT2D eigenvalue weighted by Gasteiger charge is -2.34. The van der Waals surface area contributed by atoms with Crippen LogP contribution in [0.2, 0.25) is 0 Å². The lowest BCUT2D eigenvalue weighted by Crippen LogP contribution is -2.45. The molecule has 4 aliphatic rings. The van der Waals surface area contributed by atoms with Crippen molar-refractivity contribution >= 4 is 23.7 Å². The predicted octanol–water partition coefficient (Wildman–Crippen LogP) is 2.97. The zero-order valence-corrected chi connectivity index (χ0v) is 19.4. The van der Waals surface area contributed by atoms with E-state index in [0.29, 0.717) is 36.9 Å². The monoisotopic (exact) mass is 504 g/mol. The molecular formula is C24H24ClF3N6O. The van der Waals surface area contributed by atoms with Gasteiger partial charge in [0.2, 0.25) is 0 Å². The van der Waals surface area contributed by atoms with Gasteiger partial charge < -0.3 is 26.2 Å². The van der Waals surface area contributed by atoms with E-state index in [4.69, 9.17) is 11.6 Å². The summed E-state index contributed by atoms with van der Waals surface area (Å²) in [6.45, 7) is 1.23. The molecule has 1 aromatic rings. The molecule has 1 aromatic carbocycles. The number of aliphatic imine (C=N–C) groups is 1. The SMILES string of the molecule is O=C(c1cc(F)ccc1F)N1CCC[C@H](CNC2=C(F)CNC(=C3C=NC4NC=C(Cl)C=C34)N2)C1. The van der Waals surface area contributed by atoms with Crippen molar-refractivity contribution in [2.45, 2.75) is 19.0 Å². The van der Waals surface area contributed by atoms with E-state index in [9.17, 15) is 18.0 Å². The van der Waals surface area contributed by atoms with Crippen molar-refractivity contribution < 1.29 is 18.0 Å². The minimum Gasteiger partial charge on any atom is -0.369 e. The molecule has 0 radical (unpaired) electrons. The predicted molar refractivity (Wildman–Crippen MR) is 127 cm³/mol. The summed E-state index contributed by atoms with van der Waals surface area (Å²) in [5, 5.41) is 12.9. The summed E-state index contributed by atoms with van der Waals surface area (Å²) in [5.41, 5.74) is 1.38. The van der Waals surface area contributed by atoms with Gasteiger partial charge in [-0.05, 0) is 43.0 Å².